The maximum atomic E-state index is 13.0. The van der Waals surface area contributed by atoms with E-state index in [4.69, 9.17) is 5.73 Å². The lowest BCUT2D eigenvalue weighted by Crippen LogP contribution is -2.50. The van der Waals surface area contributed by atoms with Crippen molar-refractivity contribution < 1.29 is 9.59 Å². The van der Waals surface area contributed by atoms with Gasteiger partial charge in [0.25, 0.3) is 0 Å². The molecule has 1 aliphatic heterocycles. The Balaban J connectivity index is 1.79. The van der Waals surface area contributed by atoms with Gasteiger partial charge in [-0.3, -0.25) is 14.5 Å². The zero-order valence-corrected chi connectivity index (χ0v) is 13.0. The van der Waals surface area contributed by atoms with E-state index in [9.17, 15) is 9.59 Å². The summed E-state index contributed by atoms with van der Waals surface area (Å²) in [5.41, 5.74) is 5.62. The third-order valence-corrected chi connectivity index (χ3v) is 6.01. The first-order chi connectivity index (χ1) is 10.2. The van der Waals surface area contributed by atoms with E-state index in [1.807, 2.05) is 0 Å². The lowest BCUT2D eigenvalue weighted by Gasteiger charge is -2.37. The third-order valence-electron chi connectivity index (χ3n) is 6.01. The number of hydrogen-bond acceptors (Lipinski definition) is 3. The van der Waals surface area contributed by atoms with Gasteiger partial charge in [-0.25, -0.2) is 0 Å². The van der Waals surface area contributed by atoms with Crippen LogP contribution in [0.1, 0.15) is 70.6 Å². The first-order valence-corrected chi connectivity index (χ1v) is 8.74. The lowest BCUT2D eigenvalue weighted by molar-refractivity contribution is -0.146. The number of carbonyl (C=O) groups is 2. The summed E-state index contributed by atoms with van der Waals surface area (Å²) in [6, 6.07) is -0.0494. The van der Waals surface area contributed by atoms with Crippen LogP contribution in [0.25, 0.3) is 0 Å². The summed E-state index contributed by atoms with van der Waals surface area (Å²) < 4.78 is 0. The highest BCUT2D eigenvalue weighted by atomic mass is 16.2. The van der Waals surface area contributed by atoms with Gasteiger partial charge in [0.2, 0.25) is 11.8 Å². The Bertz CT molecular complexity index is 409. The van der Waals surface area contributed by atoms with Crippen LogP contribution < -0.4 is 5.73 Å². The van der Waals surface area contributed by atoms with E-state index in [1.165, 1.54) is 25.7 Å². The van der Waals surface area contributed by atoms with Crippen LogP contribution in [-0.4, -0.2) is 29.3 Å². The first kappa shape index (κ1) is 15.0. The quantitative estimate of drug-likeness (QED) is 0.813. The van der Waals surface area contributed by atoms with Crippen molar-refractivity contribution in [2.45, 2.75) is 76.7 Å². The molecule has 118 valence electrons. The van der Waals surface area contributed by atoms with Crippen molar-refractivity contribution >= 4 is 11.8 Å². The number of likely N-dealkylation sites (tertiary alicyclic amines) is 1. The summed E-state index contributed by atoms with van der Waals surface area (Å²) in [6.07, 6.45) is 11.5. The molecule has 1 saturated heterocycles. The average Bonchev–Trinajstić information content (AvgIpc) is 2.74. The van der Waals surface area contributed by atoms with E-state index in [-0.39, 0.29) is 23.3 Å². The van der Waals surface area contributed by atoms with E-state index in [0.29, 0.717) is 18.9 Å². The molecule has 2 saturated carbocycles. The van der Waals surface area contributed by atoms with E-state index in [1.54, 1.807) is 4.90 Å². The fraction of sp³-hybridized carbons (Fsp3) is 0.882. The molecule has 0 aromatic heterocycles. The number of hydrogen-bond donors (Lipinski definition) is 1. The van der Waals surface area contributed by atoms with Gasteiger partial charge in [0, 0.05) is 13.0 Å². The molecule has 1 atom stereocenters. The molecule has 1 spiro atoms. The molecule has 4 nitrogen and oxygen atoms in total. The third kappa shape index (κ3) is 2.63. The molecule has 1 unspecified atom stereocenters. The van der Waals surface area contributed by atoms with Crippen LogP contribution in [0.2, 0.25) is 0 Å². The molecular formula is C17H28N2O2. The Morgan fingerprint density at radius 1 is 1.05 bits per heavy atom. The number of imide groups is 1. The molecule has 0 aromatic rings. The summed E-state index contributed by atoms with van der Waals surface area (Å²) in [6.45, 7) is 0.429. The largest absolute Gasteiger partial charge is 0.328 e. The summed E-state index contributed by atoms with van der Waals surface area (Å²) in [5.74, 6) is 0.575. The molecule has 0 bridgehead atoms. The Labute approximate surface area is 127 Å². The zero-order chi connectivity index (χ0) is 14.9. The molecule has 3 fully saturated rings. The predicted octanol–water partition coefficient (Wildman–Crippen LogP) is 2.60. The van der Waals surface area contributed by atoms with E-state index in [2.05, 4.69) is 0 Å². The second-order valence-corrected chi connectivity index (χ2v) is 7.29. The minimum Gasteiger partial charge on any atom is -0.328 e. The van der Waals surface area contributed by atoms with Gasteiger partial charge in [0.1, 0.15) is 0 Å². The fourth-order valence-corrected chi connectivity index (χ4v) is 4.80. The normalized spacial score (nSPS) is 28.3. The standard InChI is InChI=1S/C17H28N2O2/c18-12-14(13-7-3-1-4-8-13)19-15(20)11-17(16(19)21)9-5-2-6-10-17/h13-14H,1-12,18H2. The Morgan fingerprint density at radius 2 is 1.67 bits per heavy atom. The summed E-state index contributed by atoms with van der Waals surface area (Å²) in [4.78, 5) is 27.1. The number of nitrogens with two attached hydrogens (primary N) is 1. The van der Waals surface area contributed by atoms with Gasteiger partial charge in [-0.05, 0) is 31.6 Å². The minimum absolute atomic E-state index is 0.0444. The molecule has 3 aliphatic rings. The van der Waals surface area contributed by atoms with Gasteiger partial charge in [0.15, 0.2) is 0 Å². The first-order valence-electron chi connectivity index (χ1n) is 8.74. The SMILES string of the molecule is NCC(C1CCCCC1)N1C(=O)CC2(CCCCC2)C1=O. The minimum atomic E-state index is -0.364. The number of rotatable bonds is 3. The smallest absolute Gasteiger partial charge is 0.236 e. The Kier molecular flexibility index (Phi) is 4.34. The summed E-state index contributed by atoms with van der Waals surface area (Å²) in [7, 11) is 0. The summed E-state index contributed by atoms with van der Waals surface area (Å²) >= 11 is 0. The van der Waals surface area contributed by atoms with Crippen LogP contribution in [0, 0.1) is 11.3 Å². The van der Waals surface area contributed by atoms with Crippen molar-refractivity contribution in [2.24, 2.45) is 17.1 Å². The van der Waals surface area contributed by atoms with E-state index < -0.39 is 0 Å². The molecule has 0 aromatic carbocycles. The van der Waals surface area contributed by atoms with E-state index in [0.717, 1.165) is 38.5 Å². The molecule has 2 N–H and O–H groups in total. The van der Waals surface area contributed by atoms with Gasteiger partial charge < -0.3 is 5.73 Å². The number of carbonyl (C=O) groups excluding carboxylic acids is 2. The van der Waals surface area contributed by atoms with Gasteiger partial charge in [-0.2, -0.15) is 0 Å². The monoisotopic (exact) mass is 292 g/mol. The van der Waals surface area contributed by atoms with Crippen LogP contribution in [0.4, 0.5) is 0 Å². The van der Waals surface area contributed by atoms with Crippen molar-refractivity contribution in [1.29, 1.82) is 0 Å². The molecule has 0 radical (unpaired) electrons. The van der Waals surface area contributed by atoms with Crippen molar-refractivity contribution in [3.63, 3.8) is 0 Å². The van der Waals surface area contributed by atoms with Gasteiger partial charge in [0.05, 0.1) is 11.5 Å². The molecule has 2 amide bonds. The van der Waals surface area contributed by atoms with Gasteiger partial charge >= 0.3 is 0 Å². The molecule has 2 aliphatic carbocycles. The lowest BCUT2D eigenvalue weighted by atomic mass is 9.73. The number of nitrogens with zero attached hydrogens (tertiary/aromatic N) is 1. The Morgan fingerprint density at radius 3 is 2.29 bits per heavy atom. The molecule has 3 rings (SSSR count). The second kappa shape index (κ2) is 6.07. The Hall–Kier alpha value is -0.900. The van der Waals surface area contributed by atoms with Crippen LogP contribution >= 0.6 is 0 Å². The molecule has 1 heterocycles. The van der Waals surface area contributed by atoms with Crippen molar-refractivity contribution in [3.8, 4) is 0 Å². The maximum Gasteiger partial charge on any atom is 0.236 e. The summed E-state index contributed by atoms with van der Waals surface area (Å²) in [5, 5.41) is 0. The van der Waals surface area contributed by atoms with Crippen molar-refractivity contribution in [3.05, 3.63) is 0 Å². The van der Waals surface area contributed by atoms with Crippen LogP contribution in [-0.2, 0) is 9.59 Å². The average molecular weight is 292 g/mol. The highest BCUT2D eigenvalue weighted by Gasteiger charge is 2.53. The highest BCUT2D eigenvalue weighted by Crippen LogP contribution is 2.46. The highest BCUT2D eigenvalue weighted by molar-refractivity contribution is 6.06. The van der Waals surface area contributed by atoms with Crippen molar-refractivity contribution in [1.82, 2.24) is 4.90 Å². The second-order valence-electron chi connectivity index (χ2n) is 7.29. The molecule has 21 heavy (non-hydrogen) atoms. The van der Waals surface area contributed by atoms with Crippen LogP contribution in [0.15, 0.2) is 0 Å². The topological polar surface area (TPSA) is 63.4 Å². The predicted molar refractivity (Wildman–Crippen MR) is 81.4 cm³/mol. The van der Waals surface area contributed by atoms with Crippen LogP contribution in [0.3, 0.4) is 0 Å². The van der Waals surface area contributed by atoms with Gasteiger partial charge in [-0.15, -0.1) is 0 Å². The van der Waals surface area contributed by atoms with Gasteiger partial charge in [-0.1, -0.05) is 38.5 Å². The van der Waals surface area contributed by atoms with E-state index >= 15 is 0 Å². The van der Waals surface area contributed by atoms with Crippen LogP contribution in [0.5, 0.6) is 0 Å². The number of amides is 2. The zero-order valence-electron chi connectivity index (χ0n) is 13.0. The fourth-order valence-electron chi connectivity index (χ4n) is 4.80. The molecular weight excluding hydrogens is 264 g/mol. The van der Waals surface area contributed by atoms with Crippen molar-refractivity contribution in [2.75, 3.05) is 6.54 Å². The maximum absolute atomic E-state index is 13.0. The molecule has 4 heteroatoms.